The molecular weight excluding hydrogens is 604 g/mol. The molecule has 0 saturated carbocycles. The Morgan fingerprint density at radius 3 is 2.48 bits per heavy atom. The molecule has 1 N–H and O–H groups in total. The number of nitrogens with zero attached hydrogens (tertiary/aromatic N) is 4. The first-order valence-electron chi connectivity index (χ1n) is 15.0. The van der Waals surface area contributed by atoms with Gasteiger partial charge in [-0.3, -0.25) is 0 Å². The second-order valence-electron chi connectivity index (χ2n) is 11.7. The standard InChI is InChI=1S/C35H36N4O6S/c1-21-12-14-26(15-13-21)46(42,43)38-18-29-23(3)16-25(24(4)30(29)19-38)20-45-33-22(2)8-6-9-27(33)31-10-7-11-32(37-31)39-34(44-5)28(17-36-39)35(40)41/h7,9-17H,6,8,18-20H2,1-5H3,(H,40,41). The quantitative estimate of drug-likeness (QED) is 0.227. The molecule has 2 aliphatic rings. The number of benzene rings is 2. The number of aromatic nitrogens is 3. The van der Waals surface area contributed by atoms with Gasteiger partial charge in [0.25, 0.3) is 0 Å². The van der Waals surface area contributed by atoms with Crippen molar-refractivity contribution in [2.45, 2.75) is 65.1 Å². The highest BCUT2D eigenvalue weighted by molar-refractivity contribution is 7.89. The van der Waals surface area contributed by atoms with Crippen LogP contribution in [0.25, 0.3) is 11.4 Å². The molecule has 0 unspecified atom stereocenters. The van der Waals surface area contributed by atoms with Crippen LogP contribution in [-0.2, 0) is 34.5 Å². The number of carboxylic acid groups (broad SMARTS) is 1. The van der Waals surface area contributed by atoms with Crippen LogP contribution in [0.2, 0.25) is 0 Å². The Balaban J connectivity index is 1.25. The van der Waals surface area contributed by atoms with E-state index in [1.807, 2.05) is 45.0 Å². The lowest BCUT2D eigenvalue weighted by Crippen LogP contribution is -2.25. The number of carbonyl (C=O) groups is 1. The van der Waals surface area contributed by atoms with E-state index in [2.05, 4.69) is 24.2 Å². The zero-order valence-electron chi connectivity index (χ0n) is 26.5. The van der Waals surface area contributed by atoms with Crippen molar-refractivity contribution in [3.05, 3.63) is 117 Å². The van der Waals surface area contributed by atoms with Crippen LogP contribution < -0.4 is 4.74 Å². The van der Waals surface area contributed by atoms with Crippen LogP contribution >= 0.6 is 0 Å². The summed E-state index contributed by atoms with van der Waals surface area (Å²) in [5.41, 5.74) is 8.71. The highest BCUT2D eigenvalue weighted by Crippen LogP contribution is 2.37. The first-order chi connectivity index (χ1) is 22.0. The van der Waals surface area contributed by atoms with Gasteiger partial charge in [0.1, 0.15) is 17.9 Å². The van der Waals surface area contributed by atoms with E-state index in [1.165, 1.54) is 18.0 Å². The lowest BCUT2D eigenvalue weighted by molar-refractivity contribution is 0.0693. The fourth-order valence-electron chi connectivity index (χ4n) is 6.11. The summed E-state index contributed by atoms with van der Waals surface area (Å²) in [6.45, 7) is 9.01. The van der Waals surface area contributed by atoms with Crippen molar-refractivity contribution in [3.63, 3.8) is 0 Å². The van der Waals surface area contributed by atoms with Crippen molar-refractivity contribution in [2.75, 3.05) is 7.11 Å². The maximum absolute atomic E-state index is 13.5. The van der Waals surface area contributed by atoms with Gasteiger partial charge in [-0.25, -0.2) is 18.2 Å². The predicted molar refractivity (Wildman–Crippen MR) is 173 cm³/mol. The molecule has 2 aromatic carbocycles. The number of methoxy groups -OCH3 is 1. The molecule has 0 radical (unpaired) electrons. The number of aryl methyl sites for hydroxylation is 2. The van der Waals surface area contributed by atoms with Crippen molar-refractivity contribution in [1.29, 1.82) is 0 Å². The van der Waals surface area contributed by atoms with Gasteiger partial charge in [0, 0.05) is 18.7 Å². The number of hydrogen-bond acceptors (Lipinski definition) is 7. The van der Waals surface area contributed by atoms with E-state index < -0.39 is 16.0 Å². The molecule has 3 heterocycles. The minimum Gasteiger partial charge on any atom is -0.488 e. The molecule has 0 fully saturated rings. The van der Waals surface area contributed by atoms with Crippen molar-refractivity contribution >= 4 is 21.6 Å². The van der Waals surface area contributed by atoms with Crippen LogP contribution in [0.3, 0.4) is 0 Å². The zero-order chi connectivity index (χ0) is 32.7. The van der Waals surface area contributed by atoms with E-state index in [4.69, 9.17) is 14.5 Å². The van der Waals surface area contributed by atoms with Crippen LogP contribution in [-0.4, -0.2) is 45.7 Å². The fraction of sp³-hybridized carbons (Fsp3) is 0.286. The maximum Gasteiger partial charge on any atom is 0.342 e. The van der Waals surface area contributed by atoms with Gasteiger partial charge >= 0.3 is 5.97 Å². The minimum absolute atomic E-state index is 0.0535. The summed E-state index contributed by atoms with van der Waals surface area (Å²) in [6, 6.07) is 14.5. The number of pyridine rings is 1. The third kappa shape index (κ3) is 5.60. The number of aromatic carboxylic acids is 1. The van der Waals surface area contributed by atoms with Crippen LogP contribution in [0.15, 0.2) is 77.0 Å². The number of allylic oxidation sites excluding steroid dienone is 3. The summed E-state index contributed by atoms with van der Waals surface area (Å²) in [7, 11) is -2.24. The molecule has 0 amide bonds. The lowest BCUT2D eigenvalue weighted by Gasteiger charge is -2.22. The highest BCUT2D eigenvalue weighted by Gasteiger charge is 2.33. The van der Waals surface area contributed by atoms with E-state index in [1.54, 1.807) is 22.5 Å². The summed E-state index contributed by atoms with van der Waals surface area (Å²) in [5, 5.41) is 13.7. The van der Waals surface area contributed by atoms with E-state index >= 15 is 0 Å². The second-order valence-corrected chi connectivity index (χ2v) is 13.7. The third-order valence-corrected chi connectivity index (χ3v) is 10.5. The smallest absolute Gasteiger partial charge is 0.342 e. The van der Waals surface area contributed by atoms with Crippen molar-refractivity contribution in [3.8, 4) is 11.7 Å². The monoisotopic (exact) mass is 640 g/mol. The molecule has 2 aromatic heterocycles. The average Bonchev–Trinajstić information content (AvgIpc) is 3.69. The molecule has 6 rings (SSSR count). The van der Waals surface area contributed by atoms with Gasteiger partial charge in [-0.15, -0.1) is 0 Å². The largest absolute Gasteiger partial charge is 0.488 e. The number of fused-ring (bicyclic) bond motifs is 1. The Morgan fingerprint density at radius 1 is 1.02 bits per heavy atom. The van der Waals surface area contributed by atoms with Crippen LogP contribution in [0.1, 0.15) is 69.2 Å². The second kappa shape index (κ2) is 12.2. The topological polar surface area (TPSA) is 124 Å². The maximum atomic E-state index is 13.5. The van der Waals surface area contributed by atoms with E-state index in [0.717, 1.165) is 63.1 Å². The number of carboxylic acids is 1. The predicted octanol–water partition coefficient (Wildman–Crippen LogP) is 6.27. The van der Waals surface area contributed by atoms with Gasteiger partial charge in [0.05, 0.1) is 23.9 Å². The molecular formula is C35H36N4O6S. The van der Waals surface area contributed by atoms with Gasteiger partial charge in [0.2, 0.25) is 15.9 Å². The lowest BCUT2D eigenvalue weighted by atomic mass is 9.94. The minimum atomic E-state index is -3.64. The number of hydrogen-bond donors (Lipinski definition) is 1. The highest BCUT2D eigenvalue weighted by atomic mass is 32.2. The number of ether oxygens (including phenoxy) is 2. The van der Waals surface area contributed by atoms with Crippen LogP contribution in [0.5, 0.6) is 5.88 Å². The third-order valence-electron chi connectivity index (χ3n) is 8.74. The first kappa shape index (κ1) is 31.3. The molecule has 0 spiro atoms. The van der Waals surface area contributed by atoms with E-state index in [-0.39, 0.29) is 11.4 Å². The normalized spacial score (nSPS) is 15.1. The van der Waals surface area contributed by atoms with E-state index in [9.17, 15) is 18.3 Å². The average molecular weight is 641 g/mol. The van der Waals surface area contributed by atoms with Gasteiger partial charge in [-0.05, 0) is 98.2 Å². The summed E-state index contributed by atoms with van der Waals surface area (Å²) in [4.78, 5) is 16.7. The Morgan fingerprint density at radius 2 is 1.76 bits per heavy atom. The Labute approximate surface area is 268 Å². The van der Waals surface area contributed by atoms with Crippen LogP contribution in [0, 0.1) is 20.8 Å². The molecule has 0 saturated heterocycles. The van der Waals surface area contributed by atoms with Gasteiger partial charge in [0.15, 0.2) is 5.82 Å². The number of sulfonamides is 1. The molecule has 10 nitrogen and oxygen atoms in total. The molecule has 4 aromatic rings. The van der Waals surface area contributed by atoms with Crippen molar-refractivity contribution in [1.82, 2.24) is 19.1 Å². The van der Waals surface area contributed by atoms with Crippen molar-refractivity contribution in [2.24, 2.45) is 0 Å². The Kier molecular flexibility index (Phi) is 8.30. The summed E-state index contributed by atoms with van der Waals surface area (Å²) < 4.78 is 41.8. The molecule has 0 bridgehead atoms. The zero-order valence-corrected chi connectivity index (χ0v) is 27.3. The number of rotatable bonds is 9. The van der Waals surface area contributed by atoms with Gasteiger partial charge in [-0.1, -0.05) is 35.9 Å². The first-order valence-corrected chi connectivity index (χ1v) is 16.5. The Bertz CT molecular complexity index is 2030. The summed E-state index contributed by atoms with van der Waals surface area (Å²) in [5.74, 6) is 0.114. The summed E-state index contributed by atoms with van der Waals surface area (Å²) >= 11 is 0. The van der Waals surface area contributed by atoms with Gasteiger partial charge in [-0.2, -0.15) is 14.1 Å². The molecule has 238 valence electrons. The van der Waals surface area contributed by atoms with Crippen LogP contribution in [0.4, 0.5) is 0 Å². The molecule has 46 heavy (non-hydrogen) atoms. The van der Waals surface area contributed by atoms with E-state index in [0.29, 0.717) is 36.1 Å². The van der Waals surface area contributed by atoms with Gasteiger partial charge < -0.3 is 14.6 Å². The summed E-state index contributed by atoms with van der Waals surface area (Å²) in [6.07, 6.45) is 5.02. The Hall–Kier alpha value is -4.74. The molecule has 1 aliphatic carbocycles. The van der Waals surface area contributed by atoms with Crippen molar-refractivity contribution < 1.29 is 27.8 Å². The fourth-order valence-corrected chi connectivity index (χ4v) is 7.49. The molecule has 11 heteroatoms. The molecule has 1 aliphatic heterocycles. The SMILES string of the molecule is COc1c(C(=O)O)cnn1-c1cccc(C2=CCCC(C)=C2OCc2cc(C)c3c(c2C)CN(S(=O)(=O)c2ccc(C)cc2)C3)n1. The molecule has 0 atom stereocenters.